The molecule has 0 aliphatic heterocycles. The van der Waals surface area contributed by atoms with Crippen LogP contribution in [-0.4, -0.2) is 24.1 Å². The van der Waals surface area contributed by atoms with Gasteiger partial charge in [-0.2, -0.15) is 0 Å². The molecule has 0 spiro atoms. The van der Waals surface area contributed by atoms with Gasteiger partial charge in [-0.15, -0.1) is 0 Å². The van der Waals surface area contributed by atoms with Crippen molar-refractivity contribution in [2.45, 2.75) is 58.7 Å². The lowest BCUT2D eigenvalue weighted by Crippen LogP contribution is -2.64. The number of rotatable bonds is 5. The molecule has 2 aromatic carbocycles. The van der Waals surface area contributed by atoms with E-state index in [-0.39, 0.29) is 22.8 Å². The Hall–Kier alpha value is -2.62. The van der Waals surface area contributed by atoms with E-state index in [1.165, 1.54) is 0 Å². The Morgan fingerprint density at radius 1 is 0.767 bits per heavy atom. The van der Waals surface area contributed by atoms with Gasteiger partial charge in [0.1, 0.15) is 12.2 Å². The number of fused-ring (bicyclic) bond motifs is 3. The summed E-state index contributed by atoms with van der Waals surface area (Å²) in [6, 6.07) is 18.1. The summed E-state index contributed by atoms with van der Waals surface area (Å²) in [6.45, 7) is 6.55. The topological polar surface area (TPSA) is 52.6 Å². The Bertz CT molecular complexity index is 895. The number of benzene rings is 2. The predicted octanol–water partition coefficient (Wildman–Crippen LogP) is 5.67. The minimum absolute atomic E-state index is 0.177. The summed E-state index contributed by atoms with van der Waals surface area (Å²) in [5.74, 6) is -0.388. The van der Waals surface area contributed by atoms with Crippen molar-refractivity contribution >= 4 is 11.9 Å². The molecular formula is C26H30O4. The molecule has 4 heteroatoms. The number of hydrogen-bond donors (Lipinski definition) is 0. The Morgan fingerprint density at radius 2 is 1.20 bits per heavy atom. The second-order valence-corrected chi connectivity index (χ2v) is 9.43. The lowest BCUT2D eigenvalue weighted by Gasteiger charge is -2.61. The van der Waals surface area contributed by atoms with Gasteiger partial charge in [0.05, 0.1) is 11.1 Å². The number of carbonyl (C=O) groups excluding carboxylic acids is 2. The average molecular weight is 407 g/mol. The Kier molecular flexibility index (Phi) is 5.44. The predicted molar refractivity (Wildman–Crippen MR) is 115 cm³/mol. The first kappa shape index (κ1) is 20.6. The van der Waals surface area contributed by atoms with E-state index in [2.05, 4.69) is 20.8 Å². The fraction of sp³-hybridized carbons (Fsp3) is 0.462. The van der Waals surface area contributed by atoms with Crippen LogP contribution in [-0.2, 0) is 9.47 Å². The highest BCUT2D eigenvalue weighted by Gasteiger charge is 2.63. The summed E-state index contributed by atoms with van der Waals surface area (Å²) >= 11 is 0. The molecule has 5 rings (SSSR count). The summed E-state index contributed by atoms with van der Waals surface area (Å²) in [5.41, 5.74) is 0.678. The fourth-order valence-corrected chi connectivity index (χ4v) is 5.33. The minimum atomic E-state index is -0.456. The van der Waals surface area contributed by atoms with E-state index >= 15 is 0 Å². The molecule has 2 bridgehead atoms. The average Bonchev–Trinajstić information content (AvgIpc) is 2.77. The molecule has 0 N–H and O–H groups in total. The smallest absolute Gasteiger partial charge is 0.338 e. The summed E-state index contributed by atoms with van der Waals surface area (Å²) in [5, 5.41) is 0. The van der Waals surface area contributed by atoms with Gasteiger partial charge in [-0.05, 0) is 55.9 Å². The maximum atomic E-state index is 13.0. The van der Waals surface area contributed by atoms with Crippen LogP contribution in [0.5, 0.6) is 0 Å². The Labute approximate surface area is 178 Å². The first-order chi connectivity index (χ1) is 14.4. The van der Waals surface area contributed by atoms with Crippen molar-refractivity contribution < 1.29 is 19.1 Å². The third-order valence-electron chi connectivity index (χ3n) is 7.49. The van der Waals surface area contributed by atoms with Crippen molar-refractivity contribution in [2.24, 2.45) is 16.7 Å². The summed E-state index contributed by atoms with van der Waals surface area (Å²) in [4.78, 5) is 25.9. The highest BCUT2D eigenvalue weighted by Crippen LogP contribution is 2.61. The lowest BCUT2D eigenvalue weighted by atomic mass is 9.48. The van der Waals surface area contributed by atoms with Crippen LogP contribution in [0.25, 0.3) is 0 Å². The summed E-state index contributed by atoms with van der Waals surface area (Å²) < 4.78 is 12.3. The van der Waals surface area contributed by atoms with E-state index in [1.54, 1.807) is 24.3 Å². The third kappa shape index (κ3) is 3.53. The van der Waals surface area contributed by atoms with Crippen molar-refractivity contribution in [3.8, 4) is 0 Å². The van der Waals surface area contributed by atoms with E-state index in [4.69, 9.17) is 9.47 Å². The molecule has 3 aliphatic rings. The summed E-state index contributed by atoms with van der Waals surface area (Å²) in [6.07, 6.45) is 2.99. The zero-order valence-corrected chi connectivity index (χ0v) is 18.0. The van der Waals surface area contributed by atoms with E-state index in [0.717, 1.165) is 25.7 Å². The van der Waals surface area contributed by atoms with Crippen LogP contribution in [0.15, 0.2) is 60.7 Å². The molecule has 2 aromatic rings. The van der Waals surface area contributed by atoms with Crippen molar-refractivity contribution in [3.05, 3.63) is 71.8 Å². The monoisotopic (exact) mass is 406 g/mol. The largest absolute Gasteiger partial charge is 0.454 e. The molecule has 3 aliphatic carbocycles. The van der Waals surface area contributed by atoms with Crippen LogP contribution >= 0.6 is 0 Å². The Balaban J connectivity index is 1.67. The van der Waals surface area contributed by atoms with Gasteiger partial charge in [-0.1, -0.05) is 57.2 Å². The van der Waals surface area contributed by atoms with E-state index in [1.807, 2.05) is 36.4 Å². The zero-order chi connectivity index (χ0) is 21.4. The maximum absolute atomic E-state index is 13.0. The first-order valence-corrected chi connectivity index (χ1v) is 10.9. The van der Waals surface area contributed by atoms with Crippen LogP contribution in [0.2, 0.25) is 0 Å². The number of ether oxygens (including phenoxy) is 2. The van der Waals surface area contributed by atoms with Gasteiger partial charge in [-0.25, -0.2) is 9.59 Å². The van der Waals surface area contributed by atoms with Gasteiger partial charge < -0.3 is 9.47 Å². The SMILES string of the molecule is CC(C)[C@]12CC[C@](C)(CC1)[C@H](OC(=O)c1ccccc1)[C@@H]2OC(=O)c1ccccc1. The molecular weight excluding hydrogens is 376 g/mol. The molecule has 0 amide bonds. The molecule has 30 heavy (non-hydrogen) atoms. The Morgan fingerprint density at radius 3 is 1.63 bits per heavy atom. The normalized spacial score (nSPS) is 30.1. The highest BCUT2D eigenvalue weighted by molar-refractivity contribution is 5.90. The van der Waals surface area contributed by atoms with Crippen molar-refractivity contribution in [2.75, 3.05) is 0 Å². The van der Waals surface area contributed by atoms with Gasteiger partial charge in [0.25, 0.3) is 0 Å². The molecule has 0 radical (unpaired) electrons. The molecule has 3 saturated carbocycles. The second-order valence-electron chi connectivity index (χ2n) is 9.43. The van der Waals surface area contributed by atoms with Crippen LogP contribution in [0.1, 0.15) is 67.2 Å². The number of esters is 2. The van der Waals surface area contributed by atoms with Crippen LogP contribution < -0.4 is 0 Å². The van der Waals surface area contributed by atoms with Gasteiger partial charge in [0, 0.05) is 10.8 Å². The van der Waals surface area contributed by atoms with Crippen molar-refractivity contribution in [1.29, 1.82) is 0 Å². The van der Waals surface area contributed by atoms with E-state index < -0.39 is 12.2 Å². The molecule has 0 heterocycles. The van der Waals surface area contributed by atoms with Crippen LogP contribution in [0.3, 0.4) is 0 Å². The summed E-state index contributed by atoms with van der Waals surface area (Å²) in [7, 11) is 0. The minimum Gasteiger partial charge on any atom is -0.454 e. The quantitative estimate of drug-likeness (QED) is 0.600. The second kappa shape index (κ2) is 7.90. The number of hydrogen-bond acceptors (Lipinski definition) is 4. The molecule has 0 unspecified atom stereocenters. The molecule has 2 atom stereocenters. The van der Waals surface area contributed by atoms with E-state index in [0.29, 0.717) is 17.0 Å². The van der Waals surface area contributed by atoms with Gasteiger partial charge in [-0.3, -0.25) is 0 Å². The molecule has 4 nitrogen and oxygen atoms in total. The van der Waals surface area contributed by atoms with Crippen LogP contribution in [0.4, 0.5) is 0 Å². The zero-order valence-electron chi connectivity index (χ0n) is 18.0. The van der Waals surface area contributed by atoms with Gasteiger partial charge in [0.2, 0.25) is 0 Å². The van der Waals surface area contributed by atoms with Gasteiger partial charge >= 0.3 is 11.9 Å². The molecule has 3 fully saturated rings. The van der Waals surface area contributed by atoms with Crippen molar-refractivity contribution in [3.63, 3.8) is 0 Å². The molecule has 0 aromatic heterocycles. The standard InChI is InChI=1S/C26H30O4/c1-18(2)26-16-14-25(3,15-17-26)21(29-23(27)19-10-6-4-7-11-19)22(26)30-24(28)20-12-8-5-9-13-20/h4-13,18,21-22H,14-17H2,1-3H3/t21-,22+,25-,26+/m1/s1. The molecule has 158 valence electrons. The lowest BCUT2D eigenvalue weighted by molar-refractivity contribution is -0.210. The van der Waals surface area contributed by atoms with E-state index in [9.17, 15) is 9.59 Å². The maximum Gasteiger partial charge on any atom is 0.338 e. The van der Waals surface area contributed by atoms with Crippen LogP contribution in [0, 0.1) is 16.7 Å². The highest BCUT2D eigenvalue weighted by atomic mass is 16.6. The third-order valence-corrected chi connectivity index (χ3v) is 7.49. The fourth-order valence-electron chi connectivity index (χ4n) is 5.33. The molecule has 0 saturated heterocycles. The first-order valence-electron chi connectivity index (χ1n) is 10.9. The van der Waals surface area contributed by atoms with Gasteiger partial charge in [0.15, 0.2) is 0 Å². The number of carbonyl (C=O) groups is 2. The van der Waals surface area contributed by atoms with Crippen molar-refractivity contribution in [1.82, 2.24) is 0 Å².